The van der Waals surface area contributed by atoms with Crippen molar-refractivity contribution in [3.63, 3.8) is 0 Å². The first-order chi connectivity index (χ1) is 9.15. The predicted octanol–water partition coefficient (Wildman–Crippen LogP) is 3.37. The molecule has 0 saturated heterocycles. The van der Waals surface area contributed by atoms with Crippen LogP contribution in [0.25, 0.3) is 11.4 Å². The van der Waals surface area contributed by atoms with Crippen LogP contribution >= 0.6 is 11.6 Å². The number of nitrogens with zero attached hydrogens (tertiary/aromatic N) is 2. The van der Waals surface area contributed by atoms with Crippen LogP contribution in [-0.4, -0.2) is 16.7 Å². The van der Waals surface area contributed by atoms with Crippen LogP contribution in [0.2, 0.25) is 5.02 Å². The van der Waals surface area contributed by atoms with Crippen LogP contribution in [0.1, 0.15) is 31.6 Å². The molecule has 0 amide bonds. The van der Waals surface area contributed by atoms with Gasteiger partial charge in [0.05, 0.1) is 10.9 Å². The lowest BCUT2D eigenvalue weighted by atomic mass is 10.0. The first-order valence-electron chi connectivity index (χ1n) is 6.14. The highest BCUT2D eigenvalue weighted by Crippen LogP contribution is 2.28. The molecule has 0 spiro atoms. The Bertz CT molecular complexity index is 559. The molecule has 102 valence electrons. The molecule has 2 aromatic rings. The van der Waals surface area contributed by atoms with E-state index in [0.29, 0.717) is 23.8 Å². The lowest BCUT2D eigenvalue weighted by Gasteiger charge is -2.06. The summed E-state index contributed by atoms with van der Waals surface area (Å²) >= 11 is 5.96. The Labute approximate surface area is 115 Å². The quantitative estimate of drug-likeness (QED) is 0.914. The van der Waals surface area contributed by atoms with Gasteiger partial charge in [-0.25, -0.2) is 4.39 Å². The molecule has 1 unspecified atom stereocenters. The summed E-state index contributed by atoms with van der Waals surface area (Å²) in [6.07, 6.45) is 1.87. The molecule has 0 saturated carbocycles. The normalized spacial score (nSPS) is 12.6. The largest absolute Gasteiger partial charge is 0.339 e. The third-order valence-electron chi connectivity index (χ3n) is 2.88. The molecule has 1 atom stereocenters. The third-order valence-corrected chi connectivity index (χ3v) is 3.20. The number of nitrogens with two attached hydrogens (primary N) is 1. The topological polar surface area (TPSA) is 64.9 Å². The maximum Gasteiger partial charge on any atom is 0.231 e. The lowest BCUT2D eigenvalue weighted by Crippen LogP contribution is -2.12. The van der Waals surface area contributed by atoms with Crippen LogP contribution in [-0.2, 0) is 0 Å². The molecular weight excluding hydrogens is 269 g/mol. The highest BCUT2D eigenvalue weighted by Gasteiger charge is 2.18. The summed E-state index contributed by atoms with van der Waals surface area (Å²) in [5.41, 5.74) is 6.23. The maximum atomic E-state index is 13.0. The summed E-state index contributed by atoms with van der Waals surface area (Å²) < 4.78 is 18.2. The Morgan fingerprint density at radius 2 is 2.26 bits per heavy atom. The molecule has 4 nitrogen and oxygen atoms in total. The molecule has 2 rings (SSSR count). The van der Waals surface area contributed by atoms with Gasteiger partial charge < -0.3 is 10.3 Å². The monoisotopic (exact) mass is 283 g/mol. The molecular formula is C13H15ClFN3O. The summed E-state index contributed by atoms with van der Waals surface area (Å²) in [5, 5.41) is 4.14. The van der Waals surface area contributed by atoms with E-state index in [1.54, 1.807) is 0 Å². The van der Waals surface area contributed by atoms with Crippen molar-refractivity contribution in [3.05, 3.63) is 34.9 Å². The summed E-state index contributed by atoms with van der Waals surface area (Å²) in [5.74, 6) is 0.503. The Balaban J connectivity index is 2.29. The zero-order valence-electron chi connectivity index (χ0n) is 10.6. The van der Waals surface area contributed by atoms with Gasteiger partial charge in [0.15, 0.2) is 0 Å². The van der Waals surface area contributed by atoms with Gasteiger partial charge in [0.1, 0.15) is 5.82 Å². The van der Waals surface area contributed by atoms with E-state index in [4.69, 9.17) is 21.9 Å². The molecule has 6 heteroatoms. The second kappa shape index (κ2) is 6.12. The van der Waals surface area contributed by atoms with E-state index in [9.17, 15) is 4.39 Å². The van der Waals surface area contributed by atoms with Crippen molar-refractivity contribution >= 4 is 11.6 Å². The SMILES string of the molecule is CCCC(CN)c1nc(-c2ccc(F)cc2Cl)no1. The summed E-state index contributed by atoms with van der Waals surface area (Å²) in [7, 11) is 0. The van der Waals surface area contributed by atoms with E-state index < -0.39 is 5.82 Å². The molecule has 0 bridgehead atoms. The Kier molecular flexibility index (Phi) is 4.50. The maximum absolute atomic E-state index is 13.0. The van der Waals surface area contributed by atoms with Gasteiger partial charge in [-0.1, -0.05) is 30.1 Å². The van der Waals surface area contributed by atoms with Crippen molar-refractivity contribution < 1.29 is 8.91 Å². The number of benzene rings is 1. The molecule has 1 aromatic heterocycles. The second-order valence-electron chi connectivity index (χ2n) is 4.30. The Hall–Kier alpha value is -1.46. The van der Waals surface area contributed by atoms with Crippen molar-refractivity contribution in [1.82, 2.24) is 10.1 Å². The van der Waals surface area contributed by atoms with Crippen LogP contribution < -0.4 is 5.73 Å². The minimum Gasteiger partial charge on any atom is -0.339 e. The highest BCUT2D eigenvalue weighted by molar-refractivity contribution is 6.33. The van der Waals surface area contributed by atoms with E-state index in [-0.39, 0.29) is 10.9 Å². The molecule has 19 heavy (non-hydrogen) atoms. The first-order valence-corrected chi connectivity index (χ1v) is 6.52. The van der Waals surface area contributed by atoms with Crippen LogP contribution in [0.3, 0.4) is 0 Å². The standard InChI is InChI=1S/C13H15ClFN3O/c1-2-3-8(7-16)13-17-12(18-19-13)10-5-4-9(15)6-11(10)14/h4-6,8H,2-3,7,16H2,1H3. The molecule has 0 radical (unpaired) electrons. The molecule has 0 aliphatic carbocycles. The van der Waals surface area contributed by atoms with E-state index in [1.165, 1.54) is 18.2 Å². The minimum atomic E-state index is -0.400. The minimum absolute atomic E-state index is 0.0467. The highest BCUT2D eigenvalue weighted by atomic mass is 35.5. The summed E-state index contributed by atoms with van der Waals surface area (Å²) in [6, 6.07) is 4.06. The van der Waals surface area contributed by atoms with Crippen molar-refractivity contribution in [3.8, 4) is 11.4 Å². The second-order valence-corrected chi connectivity index (χ2v) is 4.71. The van der Waals surface area contributed by atoms with Crippen LogP contribution in [0.4, 0.5) is 4.39 Å². The van der Waals surface area contributed by atoms with Gasteiger partial charge in [0.25, 0.3) is 0 Å². The zero-order chi connectivity index (χ0) is 13.8. The van der Waals surface area contributed by atoms with Crippen LogP contribution in [0, 0.1) is 5.82 Å². The smallest absolute Gasteiger partial charge is 0.231 e. The molecule has 2 N–H and O–H groups in total. The molecule has 1 heterocycles. The van der Waals surface area contributed by atoms with E-state index in [2.05, 4.69) is 17.1 Å². The number of aromatic nitrogens is 2. The fraction of sp³-hybridized carbons (Fsp3) is 0.385. The average Bonchev–Trinajstić information content (AvgIpc) is 2.85. The van der Waals surface area contributed by atoms with Crippen molar-refractivity contribution in [2.24, 2.45) is 5.73 Å². The average molecular weight is 284 g/mol. The third kappa shape index (κ3) is 3.11. The van der Waals surface area contributed by atoms with E-state index >= 15 is 0 Å². The van der Waals surface area contributed by atoms with Gasteiger partial charge >= 0.3 is 0 Å². The van der Waals surface area contributed by atoms with Gasteiger partial charge in [-0.15, -0.1) is 0 Å². The van der Waals surface area contributed by atoms with Gasteiger partial charge in [0.2, 0.25) is 11.7 Å². The molecule has 1 aromatic carbocycles. The molecule has 0 fully saturated rings. The van der Waals surface area contributed by atoms with Crippen molar-refractivity contribution in [2.75, 3.05) is 6.54 Å². The van der Waals surface area contributed by atoms with Crippen molar-refractivity contribution in [2.45, 2.75) is 25.7 Å². The Morgan fingerprint density at radius 1 is 1.47 bits per heavy atom. The number of rotatable bonds is 5. The molecule has 0 aliphatic rings. The fourth-order valence-corrected chi connectivity index (χ4v) is 2.12. The Morgan fingerprint density at radius 3 is 2.89 bits per heavy atom. The predicted molar refractivity (Wildman–Crippen MR) is 71.4 cm³/mol. The fourth-order valence-electron chi connectivity index (χ4n) is 1.87. The number of hydrogen-bond donors (Lipinski definition) is 1. The molecule has 0 aliphatic heterocycles. The first kappa shape index (κ1) is 14.0. The van der Waals surface area contributed by atoms with Crippen molar-refractivity contribution in [1.29, 1.82) is 0 Å². The number of hydrogen-bond acceptors (Lipinski definition) is 4. The van der Waals surface area contributed by atoms with Gasteiger partial charge in [-0.05, 0) is 24.6 Å². The van der Waals surface area contributed by atoms with Crippen LogP contribution in [0.5, 0.6) is 0 Å². The summed E-state index contributed by atoms with van der Waals surface area (Å²) in [6.45, 7) is 2.52. The lowest BCUT2D eigenvalue weighted by molar-refractivity contribution is 0.347. The van der Waals surface area contributed by atoms with E-state index in [1.807, 2.05) is 0 Å². The van der Waals surface area contributed by atoms with Gasteiger partial charge in [-0.3, -0.25) is 0 Å². The van der Waals surface area contributed by atoms with Crippen LogP contribution in [0.15, 0.2) is 22.7 Å². The van der Waals surface area contributed by atoms with Gasteiger partial charge in [0, 0.05) is 12.1 Å². The zero-order valence-corrected chi connectivity index (χ0v) is 11.3. The summed E-state index contributed by atoms with van der Waals surface area (Å²) in [4.78, 5) is 4.30. The van der Waals surface area contributed by atoms with Gasteiger partial charge in [-0.2, -0.15) is 4.98 Å². The van der Waals surface area contributed by atoms with E-state index in [0.717, 1.165) is 12.8 Å². The number of halogens is 2.